The number of nitro groups is 1. The average Bonchev–Trinajstić information content (AvgIpc) is 2.62. The maximum Gasteiger partial charge on any atom is 0.278 e. The molecule has 1 aromatic rings. The van der Waals surface area contributed by atoms with Gasteiger partial charge < -0.3 is 30.4 Å². The number of aldehydes is 1. The summed E-state index contributed by atoms with van der Waals surface area (Å²) in [6, 6.07) is 2.44. The van der Waals surface area contributed by atoms with E-state index in [0.29, 0.717) is 6.29 Å². The molecule has 1 amide bonds. The summed E-state index contributed by atoms with van der Waals surface area (Å²) < 4.78 is 10.5. The van der Waals surface area contributed by atoms with Crippen molar-refractivity contribution >= 4 is 17.9 Å². The average molecular weight is 355 g/mol. The summed E-state index contributed by atoms with van der Waals surface area (Å²) in [5.41, 5.74) is 5.04. The molecule has 0 bridgehead atoms. The third-order valence-electron chi connectivity index (χ3n) is 3.36. The number of benzene rings is 1. The lowest BCUT2D eigenvalue weighted by Gasteiger charge is -2.14. The summed E-state index contributed by atoms with van der Waals surface area (Å²) in [6.45, 7) is -0.0501. The van der Waals surface area contributed by atoms with Gasteiger partial charge in [-0.3, -0.25) is 14.9 Å². The molecule has 0 aliphatic carbocycles. The molecule has 1 aromatic carbocycles. The monoisotopic (exact) mass is 355 g/mol. The molecule has 0 aliphatic rings. The van der Waals surface area contributed by atoms with Crippen LogP contribution in [-0.2, 0) is 16.2 Å². The van der Waals surface area contributed by atoms with E-state index in [-0.39, 0.29) is 48.9 Å². The summed E-state index contributed by atoms with van der Waals surface area (Å²) >= 11 is 0. The molecule has 1 rings (SSSR count). The maximum absolute atomic E-state index is 11.7. The van der Waals surface area contributed by atoms with Crippen molar-refractivity contribution in [1.82, 2.24) is 5.32 Å². The van der Waals surface area contributed by atoms with Crippen LogP contribution in [0.2, 0.25) is 0 Å². The second kappa shape index (κ2) is 10.2. The van der Waals surface area contributed by atoms with Crippen LogP contribution in [0.15, 0.2) is 12.1 Å². The van der Waals surface area contributed by atoms with Gasteiger partial charge in [0, 0.05) is 13.1 Å². The van der Waals surface area contributed by atoms with Crippen LogP contribution in [0.5, 0.6) is 11.5 Å². The highest BCUT2D eigenvalue weighted by Crippen LogP contribution is 2.34. The van der Waals surface area contributed by atoms with Gasteiger partial charge in [-0.1, -0.05) is 0 Å². The van der Waals surface area contributed by atoms with Gasteiger partial charge >= 0.3 is 0 Å². The van der Waals surface area contributed by atoms with E-state index in [1.54, 1.807) is 0 Å². The minimum Gasteiger partial charge on any atom is -0.493 e. The highest BCUT2D eigenvalue weighted by molar-refractivity contribution is 5.91. The number of aliphatic hydroxyl groups is 1. The first kappa shape index (κ1) is 20.3. The van der Waals surface area contributed by atoms with E-state index >= 15 is 0 Å². The number of hydrogen-bond donors (Lipinski definition) is 3. The number of nitro benzene ring substituents is 1. The van der Waals surface area contributed by atoms with Crippen molar-refractivity contribution in [3.05, 3.63) is 27.8 Å². The van der Waals surface area contributed by atoms with Crippen LogP contribution in [0.3, 0.4) is 0 Å². The number of rotatable bonds is 11. The summed E-state index contributed by atoms with van der Waals surface area (Å²) in [4.78, 5) is 33.1. The molecule has 4 N–H and O–H groups in total. The van der Waals surface area contributed by atoms with Gasteiger partial charge in [-0.15, -0.1) is 0 Å². The first-order valence-corrected chi connectivity index (χ1v) is 7.50. The Bertz CT molecular complexity index is 621. The van der Waals surface area contributed by atoms with E-state index in [1.807, 2.05) is 0 Å². The fraction of sp³-hybridized carbons (Fsp3) is 0.467. The Morgan fingerprint density at radius 2 is 2.20 bits per heavy atom. The van der Waals surface area contributed by atoms with E-state index in [0.717, 1.165) is 6.07 Å². The van der Waals surface area contributed by atoms with Crippen molar-refractivity contribution in [2.45, 2.75) is 13.0 Å². The Kier molecular flexibility index (Phi) is 8.30. The van der Waals surface area contributed by atoms with Crippen molar-refractivity contribution in [1.29, 1.82) is 0 Å². The van der Waals surface area contributed by atoms with E-state index in [2.05, 4.69) is 5.32 Å². The molecule has 0 heterocycles. The van der Waals surface area contributed by atoms with Gasteiger partial charge in [-0.25, -0.2) is 0 Å². The third kappa shape index (κ3) is 5.69. The predicted octanol–water partition coefficient (Wildman–Crippen LogP) is -0.245. The van der Waals surface area contributed by atoms with Gasteiger partial charge in [0.2, 0.25) is 5.91 Å². The van der Waals surface area contributed by atoms with Crippen molar-refractivity contribution in [3.63, 3.8) is 0 Å². The van der Waals surface area contributed by atoms with Gasteiger partial charge in [0.05, 0.1) is 42.8 Å². The highest BCUT2D eigenvalue weighted by atomic mass is 16.6. The molecule has 0 aliphatic heterocycles. The standard InChI is InChI=1S/C15H21N3O7/c1-24-13-6-11(9-20)12(18(22)23)7-14(13)25-5-2-10(8-19)15(21)17-4-3-16/h6-8,10,20H,2-5,9,16H2,1H3,(H,17,21). The second-order valence-electron chi connectivity index (χ2n) is 5.01. The summed E-state index contributed by atoms with van der Waals surface area (Å²) in [7, 11) is 1.35. The van der Waals surface area contributed by atoms with Gasteiger partial charge in [0.15, 0.2) is 11.5 Å². The van der Waals surface area contributed by atoms with Gasteiger partial charge in [-0.05, 0) is 12.5 Å². The van der Waals surface area contributed by atoms with Gasteiger partial charge in [0.25, 0.3) is 5.69 Å². The van der Waals surface area contributed by atoms with E-state index in [1.165, 1.54) is 13.2 Å². The van der Waals surface area contributed by atoms with Crippen LogP contribution < -0.4 is 20.5 Å². The zero-order valence-electron chi connectivity index (χ0n) is 13.8. The summed E-state index contributed by atoms with van der Waals surface area (Å²) in [5, 5.41) is 22.7. The lowest BCUT2D eigenvalue weighted by molar-refractivity contribution is -0.385. The van der Waals surface area contributed by atoms with Crippen LogP contribution in [0.25, 0.3) is 0 Å². The van der Waals surface area contributed by atoms with Crippen molar-refractivity contribution in [2.24, 2.45) is 11.7 Å². The number of nitrogens with one attached hydrogen (secondary N) is 1. The summed E-state index contributed by atoms with van der Waals surface area (Å²) in [5.74, 6) is -1.09. The Morgan fingerprint density at radius 1 is 1.48 bits per heavy atom. The molecule has 10 nitrogen and oxygen atoms in total. The number of ether oxygens (including phenoxy) is 2. The minimum atomic E-state index is -0.913. The largest absolute Gasteiger partial charge is 0.493 e. The van der Waals surface area contributed by atoms with E-state index < -0.39 is 23.4 Å². The third-order valence-corrected chi connectivity index (χ3v) is 3.36. The number of methoxy groups -OCH3 is 1. The number of hydrogen-bond acceptors (Lipinski definition) is 8. The molecule has 1 atom stereocenters. The van der Waals surface area contributed by atoms with Crippen molar-refractivity contribution < 1.29 is 29.1 Å². The molecule has 0 radical (unpaired) electrons. The number of nitrogens with zero attached hydrogens (tertiary/aromatic N) is 1. The van der Waals surface area contributed by atoms with E-state index in [9.17, 15) is 24.8 Å². The van der Waals surface area contributed by atoms with Crippen LogP contribution in [0, 0.1) is 16.0 Å². The number of amides is 1. The van der Waals surface area contributed by atoms with E-state index in [4.69, 9.17) is 15.2 Å². The fourth-order valence-electron chi connectivity index (χ4n) is 2.04. The molecule has 0 saturated heterocycles. The lowest BCUT2D eigenvalue weighted by Crippen LogP contribution is -2.35. The normalized spacial score (nSPS) is 11.5. The molecule has 0 aromatic heterocycles. The molecule has 138 valence electrons. The molecule has 0 spiro atoms. The Balaban J connectivity index is 2.81. The molecule has 1 unspecified atom stereocenters. The quantitative estimate of drug-likeness (QED) is 0.212. The summed E-state index contributed by atoms with van der Waals surface area (Å²) in [6.07, 6.45) is 0.586. The predicted molar refractivity (Wildman–Crippen MR) is 87.3 cm³/mol. The fourth-order valence-corrected chi connectivity index (χ4v) is 2.04. The van der Waals surface area contributed by atoms with Crippen LogP contribution in [-0.4, -0.2) is 49.0 Å². The zero-order chi connectivity index (χ0) is 18.8. The van der Waals surface area contributed by atoms with Crippen molar-refractivity contribution in [3.8, 4) is 11.5 Å². The van der Waals surface area contributed by atoms with Crippen LogP contribution in [0.4, 0.5) is 5.69 Å². The lowest BCUT2D eigenvalue weighted by atomic mass is 10.1. The SMILES string of the molecule is COc1cc(CO)c([N+](=O)[O-])cc1OCCC(C=O)C(=O)NCCN. The molecule has 10 heteroatoms. The minimum absolute atomic E-state index is 0.0363. The van der Waals surface area contributed by atoms with Crippen LogP contribution >= 0.6 is 0 Å². The highest BCUT2D eigenvalue weighted by Gasteiger charge is 2.21. The first-order valence-electron chi connectivity index (χ1n) is 7.50. The number of aliphatic hydroxyl groups excluding tert-OH is 1. The second-order valence-corrected chi connectivity index (χ2v) is 5.01. The molecular formula is C15H21N3O7. The Morgan fingerprint density at radius 3 is 2.72 bits per heavy atom. The number of nitrogens with two attached hydrogens (primary N) is 1. The first-order chi connectivity index (χ1) is 12.0. The smallest absolute Gasteiger partial charge is 0.278 e. The number of carbonyl (C=O) groups excluding carboxylic acids is 2. The molecular weight excluding hydrogens is 334 g/mol. The topological polar surface area (TPSA) is 154 Å². The molecule has 0 fully saturated rings. The Hall–Kier alpha value is -2.72. The maximum atomic E-state index is 11.7. The number of carbonyl (C=O) groups is 2. The van der Waals surface area contributed by atoms with Gasteiger partial charge in [-0.2, -0.15) is 0 Å². The zero-order valence-corrected chi connectivity index (χ0v) is 13.8. The molecule has 0 saturated carbocycles. The van der Waals surface area contributed by atoms with Gasteiger partial charge in [0.1, 0.15) is 6.29 Å². The van der Waals surface area contributed by atoms with Crippen LogP contribution in [0.1, 0.15) is 12.0 Å². The van der Waals surface area contributed by atoms with Crippen molar-refractivity contribution in [2.75, 3.05) is 26.8 Å². The molecule has 25 heavy (non-hydrogen) atoms. The Labute approximate surface area is 144 Å².